The summed E-state index contributed by atoms with van der Waals surface area (Å²) in [6.07, 6.45) is 0. The van der Waals surface area contributed by atoms with Gasteiger partial charge in [-0.25, -0.2) is 0 Å². The summed E-state index contributed by atoms with van der Waals surface area (Å²) >= 11 is 0. The number of carbonyl (C=O) groups excluding carboxylic acids is 1. The summed E-state index contributed by atoms with van der Waals surface area (Å²) in [6, 6.07) is 5.75. The highest BCUT2D eigenvalue weighted by Crippen LogP contribution is 2.39. The number of primary amides is 1. The van der Waals surface area contributed by atoms with Crippen LogP contribution < -0.4 is 5.73 Å². The molecule has 5 heteroatoms. The standard InChI is InChI=1S/C11H9NO4/c12-11(16)9-8-5(2-1-3-6(8)13)4-7(14)10(9)15/h1-4,13-15H,(H2,12,16). The predicted octanol–water partition coefficient (Wildman–Crippen LogP) is 1.06. The van der Waals surface area contributed by atoms with Crippen molar-refractivity contribution in [1.82, 2.24) is 0 Å². The number of carbonyl (C=O) groups is 1. The van der Waals surface area contributed by atoms with Crippen LogP contribution in [-0.4, -0.2) is 21.2 Å². The number of phenolic OH excluding ortho intramolecular Hbond substituents is 2. The Morgan fingerprint density at radius 1 is 1.12 bits per heavy atom. The Kier molecular flexibility index (Phi) is 2.09. The first-order valence-electron chi connectivity index (χ1n) is 4.48. The normalized spacial score (nSPS) is 10.5. The summed E-state index contributed by atoms with van der Waals surface area (Å²) in [5.74, 6) is -2.17. The molecule has 0 aliphatic heterocycles. The summed E-state index contributed by atoms with van der Waals surface area (Å²) < 4.78 is 0. The average Bonchev–Trinajstić information content (AvgIpc) is 2.20. The molecule has 16 heavy (non-hydrogen) atoms. The van der Waals surface area contributed by atoms with Gasteiger partial charge in [0.25, 0.3) is 5.91 Å². The predicted molar refractivity (Wildman–Crippen MR) is 57.5 cm³/mol. The van der Waals surface area contributed by atoms with Gasteiger partial charge < -0.3 is 21.1 Å². The van der Waals surface area contributed by atoms with Crippen molar-refractivity contribution in [2.24, 2.45) is 5.73 Å². The molecule has 0 atom stereocenters. The first-order valence-corrected chi connectivity index (χ1v) is 4.48. The van der Waals surface area contributed by atoms with Crippen molar-refractivity contribution in [3.63, 3.8) is 0 Å². The number of amides is 1. The minimum atomic E-state index is -0.917. The van der Waals surface area contributed by atoms with Crippen molar-refractivity contribution < 1.29 is 20.1 Å². The maximum atomic E-state index is 11.2. The molecule has 0 bridgehead atoms. The summed E-state index contributed by atoms with van der Waals surface area (Å²) in [5, 5.41) is 29.1. The van der Waals surface area contributed by atoms with Crippen molar-refractivity contribution in [1.29, 1.82) is 0 Å². The second-order valence-electron chi connectivity index (χ2n) is 3.36. The van der Waals surface area contributed by atoms with Crippen molar-refractivity contribution in [3.8, 4) is 17.2 Å². The highest BCUT2D eigenvalue weighted by molar-refractivity contribution is 6.11. The monoisotopic (exact) mass is 219 g/mol. The van der Waals surface area contributed by atoms with Crippen LogP contribution in [0.4, 0.5) is 0 Å². The maximum absolute atomic E-state index is 11.2. The van der Waals surface area contributed by atoms with Gasteiger partial charge in [-0.05, 0) is 17.5 Å². The number of aromatic hydroxyl groups is 3. The Morgan fingerprint density at radius 2 is 1.81 bits per heavy atom. The lowest BCUT2D eigenvalue weighted by molar-refractivity contribution is 0.0998. The van der Waals surface area contributed by atoms with Crippen LogP contribution in [-0.2, 0) is 0 Å². The van der Waals surface area contributed by atoms with E-state index in [9.17, 15) is 20.1 Å². The Labute approximate surface area is 90.4 Å². The summed E-state index contributed by atoms with van der Waals surface area (Å²) in [4.78, 5) is 11.2. The quantitative estimate of drug-likeness (QED) is 0.538. The van der Waals surface area contributed by atoms with Crippen LogP contribution in [0.1, 0.15) is 10.4 Å². The van der Waals surface area contributed by atoms with Gasteiger partial charge in [0.2, 0.25) is 0 Å². The lowest BCUT2D eigenvalue weighted by Crippen LogP contribution is -2.11. The molecular formula is C11H9NO4. The second-order valence-corrected chi connectivity index (χ2v) is 3.36. The van der Waals surface area contributed by atoms with Crippen molar-refractivity contribution in [3.05, 3.63) is 29.8 Å². The highest BCUT2D eigenvalue weighted by Gasteiger charge is 2.18. The van der Waals surface area contributed by atoms with Crippen LogP contribution in [0.3, 0.4) is 0 Å². The van der Waals surface area contributed by atoms with E-state index in [1.54, 1.807) is 12.1 Å². The van der Waals surface area contributed by atoms with E-state index in [0.717, 1.165) is 0 Å². The van der Waals surface area contributed by atoms with Gasteiger partial charge in [0, 0.05) is 5.39 Å². The molecule has 0 radical (unpaired) electrons. The maximum Gasteiger partial charge on any atom is 0.253 e. The fourth-order valence-electron chi connectivity index (χ4n) is 1.65. The number of nitrogens with two attached hydrogens (primary N) is 1. The van der Waals surface area contributed by atoms with Gasteiger partial charge in [-0.1, -0.05) is 12.1 Å². The number of hydrogen-bond acceptors (Lipinski definition) is 4. The Bertz CT molecular complexity index is 592. The highest BCUT2D eigenvalue weighted by atomic mass is 16.3. The Morgan fingerprint density at radius 3 is 2.44 bits per heavy atom. The molecule has 0 saturated carbocycles. The topological polar surface area (TPSA) is 104 Å². The zero-order valence-electron chi connectivity index (χ0n) is 8.14. The first-order chi connectivity index (χ1) is 7.52. The molecular weight excluding hydrogens is 210 g/mol. The van der Waals surface area contributed by atoms with Crippen LogP contribution in [0.15, 0.2) is 24.3 Å². The van der Waals surface area contributed by atoms with Gasteiger partial charge in [-0.15, -0.1) is 0 Å². The van der Waals surface area contributed by atoms with Gasteiger partial charge in [-0.2, -0.15) is 0 Å². The third kappa shape index (κ3) is 1.30. The summed E-state index contributed by atoms with van der Waals surface area (Å²) in [5.41, 5.74) is 4.81. The molecule has 2 rings (SSSR count). The van der Waals surface area contributed by atoms with E-state index in [0.29, 0.717) is 5.39 Å². The third-order valence-electron chi connectivity index (χ3n) is 2.34. The smallest absolute Gasteiger partial charge is 0.253 e. The van der Waals surface area contributed by atoms with Gasteiger partial charge >= 0.3 is 0 Å². The fraction of sp³-hybridized carbons (Fsp3) is 0. The first kappa shape index (κ1) is 10.1. The zero-order chi connectivity index (χ0) is 11.9. The van der Waals surface area contributed by atoms with Crippen LogP contribution in [0, 0.1) is 0 Å². The van der Waals surface area contributed by atoms with E-state index in [1.807, 2.05) is 0 Å². The molecule has 2 aromatic carbocycles. The molecule has 5 nitrogen and oxygen atoms in total. The van der Waals surface area contributed by atoms with Crippen molar-refractivity contribution in [2.45, 2.75) is 0 Å². The molecule has 0 aromatic heterocycles. The minimum Gasteiger partial charge on any atom is -0.507 e. The minimum absolute atomic E-state index is 0.130. The second kappa shape index (κ2) is 3.30. The van der Waals surface area contributed by atoms with Crippen molar-refractivity contribution in [2.75, 3.05) is 0 Å². The average molecular weight is 219 g/mol. The lowest BCUT2D eigenvalue weighted by Gasteiger charge is -2.09. The molecule has 0 heterocycles. The van der Waals surface area contributed by atoms with Gasteiger partial charge in [0.1, 0.15) is 5.75 Å². The molecule has 2 aromatic rings. The number of phenols is 3. The molecule has 82 valence electrons. The molecule has 0 fully saturated rings. The zero-order valence-corrected chi connectivity index (χ0v) is 8.14. The van der Waals surface area contributed by atoms with Crippen molar-refractivity contribution >= 4 is 16.7 Å². The summed E-state index contributed by atoms with van der Waals surface area (Å²) in [6.45, 7) is 0. The van der Waals surface area contributed by atoms with E-state index in [-0.39, 0.29) is 16.7 Å². The fourth-order valence-corrected chi connectivity index (χ4v) is 1.65. The van der Waals surface area contributed by atoms with E-state index < -0.39 is 17.4 Å². The summed E-state index contributed by atoms with van der Waals surface area (Å²) in [7, 11) is 0. The Balaban J connectivity index is 3.03. The number of benzene rings is 2. The molecule has 0 unspecified atom stereocenters. The van der Waals surface area contributed by atoms with E-state index in [2.05, 4.69) is 0 Å². The number of hydrogen-bond donors (Lipinski definition) is 4. The van der Waals surface area contributed by atoms with E-state index in [4.69, 9.17) is 5.73 Å². The van der Waals surface area contributed by atoms with Gasteiger partial charge in [-0.3, -0.25) is 4.79 Å². The molecule has 0 aliphatic rings. The SMILES string of the molecule is NC(=O)c1c(O)c(O)cc2cccc(O)c12. The number of rotatable bonds is 1. The van der Waals surface area contributed by atoms with Crippen LogP contribution in [0.5, 0.6) is 17.2 Å². The molecule has 0 saturated heterocycles. The molecule has 1 amide bonds. The Hall–Kier alpha value is -2.43. The van der Waals surface area contributed by atoms with E-state index in [1.165, 1.54) is 12.1 Å². The van der Waals surface area contributed by atoms with Gasteiger partial charge in [0.15, 0.2) is 11.5 Å². The third-order valence-corrected chi connectivity index (χ3v) is 2.34. The van der Waals surface area contributed by atoms with E-state index >= 15 is 0 Å². The molecule has 0 spiro atoms. The lowest BCUT2D eigenvalue weighted by atomic mass is 10.0. The number of fused-ring (bicyclic) bond motifs is 1. The van der Waals surface area contributed by atoms with Crippen LogP contribution in [0.2, 0.25) is 0 Å². The van der Waals surface area contributed by atoms with Crippen LogP contribution >= 0.6 is 0 Å². The molecule has 0 aliphatic carbocycles. The van der Waals surface area contributed by atoms with Gasteiger partial charge in [0.05, 0.1) is 5.56 Å². The molecule has 5 N–H and O–H groups in total. The van der Waals surface area contributed by atoms with Crippen LogP contribution in [0.25, 0.3) is 10.8 Å². The largest absolute Gasteiger partial charge is 0.507 e.